The van der Waals surface area contributed by atoms with E-state index in [1.165, 1.54) is 0 Å². The van der Waals surface area contributed by atoms with E-state index in [1.807, 2.05) is 32.0 Å². The Morgan fingerprint density at radius 1 is 1.35 bits per heavy atom. The highest BCUT2D eigenvalue weighted by atomic mass is 16.2. The molecule has 1 aromatic rings. The van der Waals surface area contributed by atoms with Crippen LogP contribution in [-0.4, -0.2) is 44.0 Å². The number of carbonyl (C=O) groups excluding carboxylic acids is 2. The van der Waals surface area contributed by atoms with Crippen molar-refractivity contribution in [2.75, 3.05) is 32.1 Å². The van der Waals surface area contributed by atoms with Crippen molar-refractivity contribution in [3.8, 4) is 6.07 Å². The molecule has 0 aromatic carbocycles. The van der Waals surface area contributed by atoms with Gasteiger partial charge in [-0.15, -0.1) is 0 Å². The van der Waals surface area contributed by atoms with Gasteiger partial charge in [-0.25, -0.2) is 4.98 Å². The molecular formula is C16H23N5O2. The number of pyridine rings is 1. The van der Waals surface area contributed by atoms with Gasteiger partial charge in [0, 0.05) is 33.3 Å². The lowest BCUT2D eigenvalue weighted by atomic mass is 10.0. The Labute approximate surface area is 136 Å². The van der Waals surface area contributed by atoms with Crippen molar-refractivity contribution in [3.05, 3.63) is 23.9 Å². The number of anilines is 1. The van der Waals surface area contributed by atoms with Gasteiger partial charge in [-0.05, 0) is 24.5 Å². The normalized spacial score (nSPS) is 11.2. The minimum atomic E-state index is -0.177. The first-order valence-corrected chi connectivity index (χ1v) is 7.49. The molecule has 7 nitrogen and oxygen atoms in total. The van der Waals surface area contributed by atoms with Crippen LogP contribution in [0.4, 0.5) is 5.82 Å². The van der Waals surface area contributed by atoms with Crippen LogP contribution in [0.1, 0.15) is 30.1 Å². The molecule has 0 aliphatic heterocycles. The molecule has 0 saturated carbocycles. The Hall–Kier alpha value is -2.62. The van der Waals surface area contributed by atoms with Gasteiger partial charge in [-0.1, -0.05) is 6.92 Å². The van der Waals surface area contributed by atoms with E-state index in [4.69, 9.17) is 5.26 Å². The summed E-state index contributed by atoms with van der Waals surface area (Å²) in [4.78, 5) is 29.5. The van der Waals surface area contributed by atoms with Crippen molar-refractivity contribution >= 4 is 17.6 Å². The molecule has 1 aromatic heterocycles. The molecule has 7 heteroatoms. The summed E-state index contributed by atoms with van der Waals surface area (Å²) in [5.74, 6) is 0.597. The Kier molecular flexibility index (Phi) is 7.54. The fraction of sp³-hybridized carbons (Fsp3) is 0.500. The van der Waals surface area contributed by atoms with E-state index in [-0.39, 0.29) is 24.3 Å². The van der Waals surface area contributed by atoms with Crippen LogP contribution in [0.25, 0.3) is 0 Å². The first-order valence-electron chi connectivity index (χ1n) is 7.49. The summed E-state index contributed by atoms with van der Waals surface area (Å²) in [6, 6.07) is 5.38. The van der Waals surface area contributed by atoms with Gasteiger partial charge in [-0.3, -0.25) is 9.59 Å². The maximum absolute atomic E-state index is 12.0. The number of hydrogen-bond donors (Lipinski definition) is 2. The number of rotatable bonds is 8. The average Bonchev–Trinajstić information content (AvgIpc) is 2.52. The molecule has 1 atom stereocenters. The summed E-state index contributed by atoms with van der Waals surface area (Å²) >= 11 is 0. The van der Waals surface area contributed by atoms with Gasteiger partial charge in [0.15, 0.2) is 0 Å². The molecule has 23 heavy (non-hydrogen) atoms. The number of carbonyl (C=O) groups is 2. The second-order valence-corrected chi connectivity index (χ2v) is 5.59. The van der Waals surface area contributed by atoms with Crippen molar-refractivity contribution in [3.63, 3.8) is 0 Å². The minimum absolute atomic E-state index is 0.0260. The average molecular weight is 317 g/mol. The zero-order valence-corrected chi connectivity index (χ0v) is 13.8. The van der Waals surface area contributed by atoms with Gasteiger partial charge < -0.3 is 15.5 Å². The maximum atomic E-state index is 12.0. The number of hydrogen-bond acceptors (Lipinski definition) is 5. The smallest absolute Gasteiger partial charge is 0.252 e. The number of amides is 2. The molecule has 0 aliphatic rings. The number of nitrogens with one attached hydrogen (secondary N) is 2. The number of nitriles is 1. The van der Waals surface area contributed by atoms with Crippen molar-refractivity contribution in [2.24, 2.45) is 5.92 Å². The summed E-state index contributed by atoms with van der Waals surface area (Å²) < 4.78 is 0. The largest absolute Gasteiger partial charge is 0.363 e. The van der Waals surface area contributed by atoms with Crippen molar-refractivity contribution < 1.29 is 9.59 Å². The van der Waals surface area contributed by atoms with E-state index in [0.29, 0.717) is 24.9 Å². The molecule has 0 aliphatic carbocycles. The Morgan fingerprint density at radius 3 is 2.65 bits per heavy atom. The van der Waals surface area contributed by atoms with Gasteiger partial charge in [0.25, 0.3) is 5.91 Å². The fourth-order valence-corrected chi connectivity index (χ4v) is 1.95. The van der Waals surface area contributed by atoms with Gasteiger partial charge >= 0.3 is 0 Å². The SMILES string of the molecule is CC(CCNC(=O)c1ccc(N(C)C)nc1)CC(=O)NCC#N. The molecule has 2 amide bonds. The van der Waals surface area contributed by atoms with E-state index < -0.39 is 0 Å². The topological polar surface area (TPSA) is 98.1 Å². The van der Waals surface area contributed by atoms with Crippen LogP contribution >= 0.6 is 0 Å². The Morgan fingerprint density at radius 2 is 2.09 bits per heavy atom. The molecule has 0 spiro atoms. The van der Waals surface area contributed by atoms with Gasteiger partial charge in [0.05, 0.1) is 11.6 Å². The van der Waals surface area contributed by atoms with E-state index in [9.17, 15) is 9.59 Å². The molecule has 1 heterocycles. The van der Waals surface area contributed by atoms with Crippen molar-refractivity contribution in [2.45, 2.75) is 19.8 Å². The van der Waals surface area contributed by atoms with Gasteiger partial charge in [0.1, 0.15) is 12.4 Å². The third kappa shape index (κ3) is 6.78. The van der Waals surface area contributed by atoms with Crippen LogP contribution in [0.15, 0.2) is 18.3 Å². The van der Waals surface area contributed by atoms with Crippen molar-refractivity contribution in [1.82, 2.24) is 15.6 Å². The third-order valence-electron chi connectivity index (χ3n) is 3.29. The predicted molar refractivity (Wildman–Crippen MR) is 87.9 cm³/mol. The summed E-state index contributed by atoms with van der Waals surface area (Å²) in [6.07, 6.45) is 2.58. The predicted octanol–water partition coefficient (Wildman–Crippen LogP) is 0.933. The quantitative estimate of drug-likeness (QED) is 0.695. The molecule has 1 unspecified atom stereocenters. The first-order chi connectivity index (χ1) is 10.9. The summed E-state index contributed by atoms with van der Waals surface area (Å²) in [5.41, 5.74) is 0.509. The van der Waals surface area contributed by atoms with E-state index in [2.05, 4.69) is 15.6 Å². The Bertz CT molecular complexity index is 563. The zero-order chi connectivity index (χ0) is 17.2. The van der Waals surface area contributed by atoms with E-state index in [1.54, 1.807) is 18.3 Å². The molecule has 2 N–H and O–H groups in total. The highest BCUT2D eigenvalue weighted by molar-refractivity contribution is 5.94. The molecule has 124 valence electrons. The molecule has 0 saturated heterocycles. The summed E-state index contributed by atoms with van der Waals surface area (Å²) in [7, 11) is 3.77. The standard InChI is InChI=1S/C16H23N5O2/c1-12(10-15(22)18-9-7-17)6-8-19-16(23)13-4-5-14(20-11-13)21(2)3/h4-5,11-12H,6,8-10H2,1-3H3,(H,18,22)(H,19,23). The Balaban J connectivity index is 2.33. The third-order valence-corrected chi connectivity index (χ3v) is 3.29. The fourth-order valence-electron chi connectivity index (χ4n) is 1.95. The summed E-state index contributed by atoms with van der Waals surface area (Å²) in [6.45, 7) is 2.45. The molecule has 0 fully saturated rings. The number of aromatic nitrogens is 1. The van der Waals surface area contributed by atoms with Gasteiger partial charge in [-0.2, -0.15) is 5.26 Å². The first kappa shape index (κ1) is 18.4. The van der Waals surface area contributed by atoms with Crippen LogP contribution in [0, 0.1) is 17.2 Å². The monoisotopic (exact) mass is 317 g/mol. The van der Waals surface area contributed by atoms with E-state index >= 15 is 0 Å². The van der Waals surface area contributed by atoms with Crippen LogP contribution < -0.4 is 15.5 Å². The van der Waals surface area contributed by atoms with Crippen LogP contribution in [0.2, 0.25) is 0 Å². The molecule has 0 bridgehead atoms. The van der Waals surface area contributed by atoms with Crippen LogP contribution in [0.5, 0.6) is 0 Å². The van der Waals surface area contributed by atoms with Crippen LogP contribution in [-0.2, 0) is 4.79 Å². The van der Waals surface area contributed by atoms with E-state index in [0.717, 1.165) is 5.82 Å². The second-order valence-electron chi connectivity index (χ2n) is 5.59. The molecular weight excluding hydrogens is 294 g/mol. The zero-order valence-electron chi connectivity index (χ0n) is 13.8. The second kappa shape index (κ2) is 9.41. The minimum Gasteiger partial charge on any atom is -0.363 e. The van der Waals surface area contributed by atoms with Crippen molar-refractivity contribution in [1.29, 1.82) is 5.26 Å². The molecule has 1 rings (SSSR count). The van der Waals surface area contributed by atoms with Crippen LogP contribution in [0.3, 0.4) is 0 Å². The maximum Gasteiger partial charge on any atom is 0.252 e. The highest BCUT2D eigenvalue weighted by Gasteiger charge is 2.10. The lowest BCUT2D eigenvalue weighted by molar-refractivity contribution is -0.121. The number of nitrogens with zero attached hydrogens (tertiary/aromatic N) is 3. The highest BCUT2D eigenvalue weighted by Crippen LogP contribution is 2.09. The molecule has 0 radical (unpaired) electrons. The lowest BCUT2D eigenvalue weighted by Crippen LogP contribution is -2.28. The lowest BCUT2D eigenvalue weighted by Gasteiger charge is -2.13. The van der Waals surface area contributed by atoms with Gasteiger partial charge in [0.2, 0.25) is 5.91 Å². The summed E-state index contributed by atoms with van der Waals surface area (Å²) in [5, 5.41) is 13.7.